The van der Waals surface area contributed by atoms with Gasteiger partial charge in [-0.3, -0.25) is 9.59 Å². The van der Waals surface area contributed by atoms with E-state index in [2.05, 4.69) is 21.9 Å². The quantitative estimate of drug-likeness (QED) is 0.466. The molecule has 1 aliphatic heterocycles. The zero-order chi connectivity index (χ0) is 26.3. The van der Waals surface area contributed by atoms with E-state index in [4.69, 9.17) is 11.2 Å². The van der Waals surface area contributed by atoms with E-state index in [1.54, 1.807) is 6.07 Å². The summed E-state index contributed by atoms with van der Waals surface area (Å²) in [4.78, 5) is 24.8. The van der Waals surface area contributed by atoms with Crippen molar-refractivity contribution in [1.82, 2.24) is 16.0 Å². The Balaban J connectivity index is 1.49. The molecule has 37 heavy (non-hydrogen) atoms. The normalized spacial score (nSPS) is 21.1. The topological polar surface area (TPSA) is 99.7 Å². The van der Waals surface area contributed by atoms with Crippen molar-refractivity contribution in [2.45, 2.75) is 62.6 Å². The van der Waals surface area contributed by atoms with Gasteiger partial charge in [0.25, 0.3) is 0 Å². The third-order valence-electron chi connectivity index (χ3n) is 6.92. The second-order valence-electron chi connectivity index (χ2n) is 9.83. The van der Waals surface area contributed by atoms with Gasteiger partial charge in [0.15, 0.2) is 0 Å². The van der Waals surface area contributed by atoms with Crippen LogP contribution in [0.5, 0.6) is 5.75 Å². The molecular formula is C29H34FN3O4. The summed E-state index contributed by atoms with van der Waals surface area (Å²) < 4.78 is 20.1. The minimum absolute atomic E-state index is 0.00279. The van der Waals surface area contributed by atoms with E-state index in [9.17, 15) is 19.1 Å². The number of benzene rings is 2. The molecule has 2 bridgehead atoms. The molecule has 0 saturated heterocycles. The summed E-state index contributed by atoms with van der Waals surface area (Å²) in [6.07, 6.45) is 8.09. The van der Waals surface area contributed by atoms with Gasteiger partial charge >= 0.3 is 0 Å². The molecular weight excluding hydrogens is 473 g/mol. The van der Waals surface area contributed by atoms with Crippen LogP contribution in [0.4, 0.5) is 4.39 Å². The fourth-order valence-corrected chi connectivity index (χ4v) is 4.64. The molecule has 2 aromatic carbocycles. The van der Waals surface area contributed by atoms with Crippen molar-refractivity contribution in [1.29, 1.82) is 0 Å². The van der Waals surface area contributed by atoms with Crippen LogP contribution in [0.25, 0.3) is 0 Å². The fraction of sp³-hybridized carbons (Fsp3) is 0.448. The van der Waals surface area contributed by atoms with E-state index in [1.165, 1.54) is 12.1 Å². The smallest absolute Gasteiger partial charge is 0.220 e. The average Bonchev–Trinajstić information content (AvgIpc) is 3.68. The molecule has 4 rings (SSSR count). The maximum atomic E-state index is 14.3. The average molecular weight is 508 g/mol. The lowest BCUT2D eigenvalue weighted by Crippen LogP contribution is -2.50. The number of aliphatic hydroxyl groups excluding tert-OH is 1. The number of nitrogens with one attached hydrogen (secondary N) is 3. The molecule has 2 unspecified atom stereocenters. The van der Waals surface area contributed by atoms with E-state index in [-0.39, 0.29) is 43.2 Å². The molecule has 0 aromatic heterocycles. The molecule has 1 aliphatic carbocycles. The number of rotatable bonds is 5. The number of fused-ring (bicyclic) bond motifs is 2. The summed E-state index contributed by atoms with van der Waals surface area (Å²) in [5.74, 6) is 2.07. The Kier molecular flexibility index (Phi) is 8.80. The largest absolute Gasteiger partial charge is 0.493 e. The number of halogens is 1. The van der Waals surface area contributed by atoms with Crippen LogP contribution in [-0.2, 0) is 21.5 Å². The molecule has 7 nitrogen and oxygen atoms in total. The van der Waals surface area contributed by atoms with Crippen LogP contribution >= 0.6 is 0 Å². The second-order valence-corrected chi connectivity index (χ2v) is 9.83. The first-order chi connectivity index (χ1) is 17.9. The van der Waals surface area contributed by atoms with Gasteiger partial charge in [-0.1, -0.05) is 18.1 Å². The predicted molar refractivity (Wildman–Crippen MR) is 138 cm³/mol. The van der Waals surface area contributed by atoms with Crippen LogP contribution < -0.4 is 20.7 Å². The Morgan fingerprint density at radius 3 is 2.76 bits per heavy atom. The van der Waals surface area contributed by atoms with Crippen LogP contribution in [-0.4, -0.2) is 48.8 Å². The summed E-state index contributed by atoms with van der Waals surface area (Å²) >= 11 is 0. The van der Waals surface area contributed by atoms with Crippen molar-refractivity contribution < 1.29 is 23.8 Å². The molecule has 1 fully saturated rings. The second kappa shape index (κ2) is 12.2. The van der Waals surface area contributed by atoms with Crippen LogP contribution in [0, 0.1) is 18.2 Å². The lowest BCUT2D eigenvalue weighted by molar-refractivity contribution is -0.127. The van der Waals surface area contributed by atoms with E-state index in [1.807, 2.05) is 24.3 Å². The number of carbonyl (C=O) groups is 2. The lowest BCUT2D eigenvalue weighted by atomic mass is 9.98. The van der Waals surface area contributed by atoms with Crippen molar-refractivity contribution in [3.63, 3.8) is 0 Å². The maximum absolute atomic E-state index is 14.3. The van der Waals surface area contributed by atoms with Crippen molar-refractivity contribution in [2.24, 2.45) is 0 Å². The van der Waals surface area contributed by atoms with Crippen LogP contribution in [0.2, 0.25) is 0 Å². The molecule has 0 spiro atoms. The number of terminal acetylenes is 1. The van der Waals surface area contributed by atoms with Crippen LogP contribution in [0.15, 0.2) is 42.5 Å². The molecule has 2 aliphatic rings. The molecule has 4 N–H and O–H groups in total. The lowest BCUT2D eigenvalue weighted by Gasteiger charge is -2.27. The Labute approximate surface area is 217 Å². The molecule has 2 amide bonds. The Morgan fingerprint density at radius 1 is 1.16 bits per heavy atom. The zero-order valence-corrected chi connectivity index (χ0v) is 20.9. The monoisotopic (exact) mass is 507 g/mol. The highest BCUT2D eigenvalue weighted by Crippen LogP contribution is 2.45. The van der Waals surface area contributed by atoms with Crippen molar-refractivity contribution >= 4 is 11.8 Å². The van der Waals surface area contributed by atoms with Crippen molar-refractivity contribution in [2.75, 3.05) is 19.7 Å². The number of carbonyl (C=O) groups excluding carboxylic acids is 2. The van der Waals surface area contributed by atoms with Crippen molar-refractivity contribution in [3.05, 3.63) is 65.0 Å². The zero-order valence-electron chi connectivity index (χ0n) is 20.9. The first kappa shape index (κ1) is 26.6. The molecule has 2 aromatic rings. The van der Waals surface area contributed by atoms with E-state index >= 15 is 0 Å². The summed E-state index contributed by atoms with van der Waals surface area (Å²) in [6, 6.07) is 11.5. The summed E-state index contributed by atoms with van der Waals surface area (Å²) in [6.45, 7) is 1.09. The number of amides is 2. The third kappa shape index (κ3) is 7.54. The number of aliphatic hydroxyl groups is 1. The predicted octanol–water partition coefficient (Wildman–Crippen LogP) is 2.54. The molecule has 2 atom stereocenters. The Hall–Kier alpha value is -3.41. The van der Waals surface area contributed by atoms with E-state index < -0.39 is 18.0 Å². The Morgan fingerprint density at radius 2 is 1.97 bits per heavy atom. The van der Waals surface area contributed by atoms with Crippen molar-refractivity contribution in [3.8, 4) is 18.1 Å². The first-order valence-electron chi connectivity index (χ1n) is 12.9. The maximum Gasteiger partial charge on any atom is 0.220 e. The van der Waals surface area contributed by atoms with Gasteiger partial charge in [-0.2, -0.15) is 0 Å². The van der Waals surface area contributed by atoms with Gasteiger partial charge in [0.1, 0.15) is 11.6 Å². The fourth-order valence-electron chi connectivity index (χ4n) is 4.64. The standard InChI is InChI=1S/C29H34FN3O4/c1-2-20-6-5-7-22(14-20)29(10-11-29)32-19-26(34)25-17-21-15-23(30)18-24(16-21)37-13-4-3-12-31-27(35)8-9-28(36)33-25/h1,5-7,14-16,18,25-26,32,34H,3-4,8-13,17,19H2,(H,31,35)(H,33,36). The van der Waals surface area contributed by atoms with Crippen LogP contribution in [0.3, 0.4) is 0 Å². The summed E-state index contributed by atoms with van der Waals surface area (Å²) in [5.41, 5.74) is 2.19. The van der Waals surface area contributed by atoms with Gasteiger partial charge in [-0.25, -0.2) is 4.39 Å². The van der Waals surface area contributed by atoms with E-state index in [0.717, 1.165) is 30.4 Å². The molecule has 0 radical (unpaired) electrons. The molecule has 1 heterocycles. The SMILES string of the molecule is C#Cc1cccc(C2(NCC(O)C3Cc4cc(F)cc(c4)OCCCCNC(=O)CCC(=O)N3)CC2)c1. The van der Waals surface area contributed by atoms with Gasteiger partial charge in [0.05, 0.1) is 18.8 Å². The number of ether oxygens (including phenoxy) is 1. The summed E-state index contributed by atoms with van der Waals surface area (Å²) in [7, 11) is 0. The Bertz CT molecular complexity index is 1160. The number of hydrogen-bond donors (Lipinski definition) is 4. The minimum Gasteiger partial charge on any atom is -0.493 e. The highest BCUT2D eigenvalue weighted by Gasteiger charge is 2.44. The third-order valence-corrected chi connectivity index (χ3v) is 6.92. The van der Waals surface area contributed by atoms with E-state index in [0.29, 0.717) is 30.9 Å². The van der Waals surface area contributed by atoms with Gasteiger partial charge < -0.3 is 25.8 Å². The first-order valence-corrected chi connectivity index (χ1v) is 12.9. The van der Waals surface area contributed by atoms with Gasteiger partial charge in [-0.15, -0.1) is 6.42 Å². The number of hydrogen-bond acceptors (Lipinski definition) is 5. The molecule has 196 valence electrons. The highest BCUT2D eigenvalue weighted by molar-refractivity contribution is 5.83. The van der Waals surface area contributed by atoms with Gasteiger partial charge in [0, 0.05) is 43.1 Å². The van der Waals surface area contributed by atoms with Gasteiger partial charge in [0.2, 0.25) is 11.8 Å². The van der Waals surface area contributed by atoms with Crippen LogP contribution in [0.1, 0.15) is 55.2 Å². The van der Waals surface area contributed by atoms with Gasteiger partial charge in [-0.05, 0) is 67.5 Å². The summed E-state index contributed by atoms with van der Waals surface area (Å²) in [5, 5.41) is 20.3. The highest BCUT2D eigenvalue weighted by atomic mass is 19.1. The molecule has 1 saturated carbocycles. The molecule has 8 heteroatoms. The minimum atomic E-state index is -0.961.